The predicted octanol–water partition coefficient (Wildman–Crippen LogP) is 4.26. The number of aromatic nitrogens is 2. The molecule has 0 radical (unpaired) electrons. The van der Waals surface area contributed by atoms with Crippen molar-refractivity contribution in [2.45, 2.75) is 32.5 Å². The van der Waals surface area contributed by atoms with E-state index in [0.29, 0.717) is 12.4 Å². The van der Waals surface area contributed by atoms with Crippen LogP contribution in [-0.2, 0) is 13.2 Å². The quantitative estimate of drug-likeness (QED) is 0.604. The molecule has 0 aliphatic carbocycles. The largest absolute Gasteiger partial charge is 0.473 e. The molecule has 2 heterocycles. The van der Waals surface area contributed by atoms with Crippen LogP contribution in [0.25, 0.3) is 0 Å². The Bertz CT molecular complexity index is 1140. The lowest BCUT2D eigenvalue weighted by molar-refractivity contribution is 0.287. The van der Waals surface area contributed by atoms with Gasteiger partial charge in [0.2, 0.25) is 5.88 Å². The molecule has 0 spiro atoms. The van der Waals surface area contributed by atoms with Crippen molar-refractivity contribution in [2.24, 2.45) is 0 Å². The Labute approximate surface area is 176 Å². The molecule has 1 aliphatic heterocycles. The topological polar surface area (TPSA) is 56.6 Å². The SMILES string of the molecule is C[C@H]1CCn2c(cc(OCc3cc(F)c(Oc4ccc(F)cc4)c(F)c3)nc2=O)N1C. The summed E-state index contributed by atoms with van der Waals surface area (Å²) in [4.78, 5) is 18.1. The number of fused-ring (bicyclic) bond motifs is 1. The van der Waals surface area contributed by atoms with Gasteiger partial charge < -0.3 is 14.4 Å². The Morgan fingerprint density at radius 3 is 2.45 bits per heavy atom. The van der Waals surface area contributed by atoms with Gasteiger partial charge in [-0.1, -0.05) is 0 Å². The van der Waals surface area contributed by atoms with Crippen LogP contribution in [0.5, 0.6) is 17.4 Å². The van der Waals surface area contributed by atoms with Crippen LogP contribution in [0.3, 0.4) is 0 Å². The first-order chi connectivity index (χ1) is 14.8. The average molecular weight is 431 g/mol. The minimum absolute atomic E-state index is 0.0738. The van der Waals surface area contributed by atoms with Crippen molar-refractivity contribution in [3.8, 4) is 17.4 Å². The number of halogens is 3. The molecular weight excluding hydrogens is 411 g/mol. The van der Waals surface area contributed by atoms with Crippen LogP contribution in [0.2, 0.25) is 0 Å². The lowest BCUT2D eigenvalue weighted by Crippen LogP contribution is -2.41. The molecule has 31 heavy (non-hydrogen) atoms. The van der Waals surface area contributed by atoms with Gasteiger partial charge in [0.15, 0.2) is 17.4 Å². The van der Waals surface area contributed by atoms with Gasteiger partial charge >= 0.3 is 5.69 Å². The first-order valence-electron chi connectivity index (χ1n) is 9.70. The third-order valence-corrected chi connectivity index (χ3v) is 5.24. The van der Waals surface area contributed by atoms with Gasteiger partial charge in [0, 0.05) is 25.7 Å². The van der Waals surface area contributed by atoms with Gasteiger partial charge in [-0.25, -0.2) is 18.0 Å². The molecule has 0 bridgehead atoms. The van der Waals surface area contributed by atoms with Gasteiger partial charge in [-0.2, -0.15) is 4.98 Å². The second-order valence-corrected chi connectivity index (χ2v) is 7.37. The molecule has 4 rings (SSSR count). The van der Waals surface area contributed by atoms with E-state index in [9.17, 15) is 18.0 Å². The molecule has 6 nitrogen and oxygen atoms in total. The average Bonchev–Trinajstić information content (AvgIpc) is 2.73. The maximum absolute atomic E-state index is 14.4. The third kappa shape index (κ3) is 4.35. The zero-order valence-corrected chi connectivity index (χ0v) is 16.9. The predicted molar refractivity (Wildman–Crippen MR) is 108 cm³/mol. The van der Waals surface area contributed by atoms with Crippen LogP contribution < -0.4 is 20.1 Å². The summed E-state index contributed by atoms with van der Waals surface area (Å²) in [6.07, 6.45) is 0.830. The number of anilines is 1. The molecule has 0 saturated heterocycles. The molecule has 0 unspecified atom stereocenters. The Kier molecular flexibility index (Phi) is 5.58. The molecule has 9 heteroatoms. The second-order valence-electron chi connectivity index (χ2n) is 7.37. The third-order valence-electron chi connectivity index (χ3n) is 5.24. The zero-order valence-electron chi connectivity index (χ0n) is 16.9. The lowest BCUT2D eigenvalue weighted by Gasteiger charge is -2.34. The highest BCUT2D eigenvalue weighted by Gasteiger charge is 2.22. The van der Waals surface area contributed by atoms with Crippen molar-refractivity contribution in [1.29, 1.82) is 0 Å². The van der Waals surface area contributed by atoms with E-state index in [1.165, 1.54) is 12.1 Å². The summed E-state index contributed by atoms with van der Waals surface area (Å²) in [6, 6.07) is 8.82. The Balaban J connectivity index is 1.51. The molecule has 1 aromatic heterocycles. The van der Waals surface area contributed by atoms with Crippen LogP contribution in [0.1, 0.15) is 18.9 Å². The molecule has 162 valence electrons. The highest BCUT2D eigenvalue weighted by atomic mass is 19.1. The van der Waals surface area contributed by atoms with E-state index in [1.807, 2.05) is 11.9 Å². The highest BCUT2D eigenvalue weighted by molar-refractivity contribution is 5.44. The van der Waals surface area contributed by atoms with Crippen molar-refractivity contribution in [1.82, 2.24) is 9.55 Å². The number of nitrogens with zero attached hydrogens (tertiary/aromatic N) is 3. The molecule has 0 amide bonds. The molecule has 1 atom stereocenters. The Morgan fingerprint density at radius 1 is 1.10 bits per heavy atom. The monoisotopic (exact) mass is 431 g/mol. The van der Waals surface area contributed by atoms with E-state index in [0.717, 1.165) is 30.7 Å². The van der Waals surface area contributed by atoms with Crippen molar-refractivity contribution >= 4 is 5.82 Å². The van der Waals surface area contributed by atoms with Crippen LogP contribution in [0.15, 0.2) is 47.3 Å². The van der Waals surface area contributed by atoms with Gasteiger partial charge in [-0.15, -0.1) is 0 Å². The number of benzene rings is 2. The first kappa shape index (κ1) is 20.8. The van der Waals surface area contributed by atoms with E-state index < -0.39 is 28.9 Å². The molecular formula is C22H20F3N3O3. The van der Waals surface area contributed by atoms with E-state index in [1.54, 1.807) is 10.6 Å². The van der Waals surface area contributed by atoms with Crippen molar-refractivity contribution < 1.29 is 22.6 Å². The minimum Gasteiger partial charge on any atom is -0.473 e. The zero-order chi connectivity index (χ0) is 22.1. The van der Waals surface area contributed by atoms with Crippen molar-refractivity contribution in [2.75, 3.05) is 11.9 Å². The van der Waals surface area contributed by atoms with E-state index in [-0.39, 0.29) is 29.8 Å². The smallest absolute Gasteiger partial charge is 0.352 e. The van der Waals surface area contributed by atoms with Crippen LogP contribution in [0.4, 0.5) is 19.0 Å². The first-order valence-corrected chi connectivity index (χ1v) is 9.70. The fourth-order valence-corrected chi connectivity index (χ4v) is 3.36. The maximum atomic E-state index is 14.4. The summed E-state index contributed by atoms with van der Waals surface area (Å²) in [5, 5.41) is 0. The van der Waals surface area contributed by atoms with Gasteiger partial charge in [0.05, 0.1) is 0 Å². The molecule has 3 aromatic rings. The number of hydrogen-bond donors (Lipinski definition) is 0. The van der Waals surface area contributed by atoms with Crippen molar-refractivity contribution in [3.63, 3.8) is 0 Å². The number of ether oxygens (including phenoxy) is 2. The van der Waals surface area contributed by atoms with Crippen LogP contribution in [-0.4, -0.2) is 22.6 Å². The van der Waals surface area contributed by atoms with E-state index in [2.05, 4.69) is 11.9 Å². The lowest BCUT2D eigenvalue weighted by atomic mass is 10.1. The summed E-state index contributed by atoms with van der Waals surface area (Å²) in [7, 11) is 1.88. The molecule has 0 fully saturated rings. The molecule has 0 N–H and O–H groups in total. The highest BCUT2D eigenvalue weighted by Crippen LogP contribution is 2.29. The number of rotatable bonds is 5. The maximum Gasteiger partial charge on any atom is 0.352 e. The summed E-state index contributed by atoms with van der Waals surface area (Å²) in [6.45, 7) is 2.43. The molecule has 0 saturated carbocycles. The van der Waals surface area contributed by atoms with Crippen LogP contribution in [0, 0.1) is 17.5 Å². The van der Waals surface area contributed by atoms with Gasteiger partial charge in [-0.3, -0.25) is 4.57 Å². The summed E-state index contributed by atoms with van der Waals surface area (Å²) >= 11 is 0. The Morgan fingerprint density at radius 2 is 1.77 bits per heavy atom. The van der Waals surface area contributed by atoms with Crippen molar-refractivity contribution in [3.05, 3.63) is 76.0 Å². The second kappa shape index (κ2) is 8.33. The fourth-order valence-electron chi connectivity index (χ4n) is 3.36. The fraction of sp³-hybridized carbons (Fsp3) is 0.273. The van der Waals surface area contributed by atoms with Gasteiger partial charge in [0.25, 0.3) is 0 Å². The minimum atomic E-state index is -0.935. The summed E-state index contributed by atoms with van der Waals surface area (Å²) < 4.78 is 54.1. The number of hydrogen-bond acceptors (Lipinski definition) is 5. The normalized spacial score (nSPS) is 15.5. The summed E-state index contributed by atoms with van der Waals surface area (Å²) in [5.41, 5.74) is -0.241. The van der Waals surface area contributed by atoms with Gasteiger partial charge in [-0.05, 0) is 55.3 Å². The van der Waals surface area contributed by atoms with Crippen LogP contribution >= 0.6 is 0 Å². The van der Waals surface area contributed by atoms with E-state index >= 15 is 0 Å². The Hall–Kier alpha value is -3.49. The molecule has 1 aliphatic rings. The summed E-state index contributed by atoms with van der Waals surface area (Å²) in [5.74, 6) is -2.11. The van der Waals surface area contributed by atoms with E-state index in [4.69, 9.17) is 9.47 Å². The van der Waals surface area contributed by atoms with Gasteiger partial charge in [0.1, 0.15) is 24.0 Å². The molecule has 2 aromatic carbocycles. The standard InChI is InChI=1S/C22H20F3N3O3/c1-13-7-8-28-20(27(13)2)11-19(26-22(28)29)30-12-14-9-17(24)21(18(25)10-14)31-16-5-3-15(23)4-6-16/h3-6,9-11,13H,7-8,12H2,1-2H3/t13-/m0/s1.